The molecule has 35 heavy (non-hydrogen) atoms. The number of thioether (sulfide) groups is 1. The van der Waals surface area contributed by atoms with Crippen molar-refractivity contribution in [3.63, 3.8) is 0 Å². The molecular weight excluding hydrogens is 599 g/mol. The molecule has 11 heteroatoms. The van der Waals surface area contributed by atoms with E-state index >= 15 is 0 Å². The number of hydrogen-bond acceptors (Lipinski definition) is 6. The molecule has 0 saturated carbocycles. The predicted octanol–water partition coefficient (Wildman–Crippen LogP) is 3.93. The van der Waals surface area contributed by atoms with Crippen LogP contribution in [-0.4, -0.2) is 29.6 Å². The topological polar surface area (TPSA) is 124 Å². The molecule has 3 aromatic carbocycles. The van der Waals surface area contributed by atoms with Gasteiger partial charge in [-0.05, 0) is 89.2 Å². The number of fused-ring (bicyclic) bond motifs is 1. The third kappa shape index (κ3) is 5.92. The van der Waals surface area contributed by atoms with Crippen LogP contribution in [0.2, 0.25) is 0 Å². The van der Waals surface area contributed by atoms with Crippen molar-refractivity contribution in [2.75, 3.05) is 11.1 Å². The summed E-state index contributed by atoms with van der Waals surface area (Å²) in [4.78, 5) is 30.6. The minimum absolute atomic E-state index is 0.0209. The van der Waals surface area contributed by atoms with E-state index in [0.29, 0.717) is 27.4 Å². The Balaban J connectivity index is 1.68. The van der Waals surface area contributed by atoms with Gasteiger partial charge in [0.2, 0.25) is 15.9 Å². The quantitative estimate of drug-likeness (QED) is 0.183. The molecular formula is C24H21IN4O4S2. The summed E-state index contributed by atoms with van der Waals surface area (Å²) in [7, 11) is -3.88. The summed E-state index contributed by atoms with van der Waals surface area (Å²) in [6, 6.07) is 18.6. The third-order valence-corrected chi connectivity index (χ3v) is 7.74. The predicted molar refractivity (Wildman–Crippen MR) is 147 cm³/mol. The van der Waals surface area contributed by atoms with E-state index in [1.165, 1.54) is 34.4 Å². The third-order valence-electron chi connectivity index (χ3n) is 5.20. The Bertz CT molecular complexity index is 1570. The summed E-state index contributed by atoms with van der Waals surface area (Å²) in [6.07, 6.45) is 0.909. The highest BCUT2D eigenvalue weighted by Gasteiger charge is 2.16. The van der Waals surface area contributed by atoms with Gasteiger partial charge < -0.3 is 5.32 Å². The van der Waals surface area contributed by atoms with E-state index in [1.807, 2.05) is 30.3 Å². The van der Waals surface area contributed by atoms with Crippen LogP contribution in [0.4, 0.5) is 5.69 Å². The van der Waals surface area contributed by atoms with E-state index in [0.717, 1.165) is 21.8 Å². The smallest absolute Gasteiger partial charge is 0.266 e. The molecule has 0 bridgehead atoms. The van der Waals surface area contributed by atoms with Crippen LogP contribution >= 0.6 is 34.4 Å². The minimum Gasteiger partial charge on any atom is -0.325 e. The van der Waals surface area contributed by atoms with Crippen LogP contribution in [0.5, 0.6) is 0 Å². The van der Waals surface area contributed by atoms with Crippen LogP contribution in [0.3, 0.4) is 0 Å². The van der Waals surface area contributed by atoms with Crippen LogP contribution in [0.25, 0.3) is 16.6 Å². The number of rotatable bonds is 7. The first-order chi connectivity index (χ1) is 16.7. The largest absolute Gasteiger partial charge is 0.325 e. The molecule has 0 aliphatic heterocycles. The van der Waals surface area contributed by atoms with Gasteiger partial charge in [0.05, 0.1) is 27.2 Å². The SMILES string of the molecule is CCc1ccc(NC(=O)CSc2nc3ccc(I)cc3c(=O)n2-c2ccc(S(N)(=O)=O)cc2)cc1. The van der Waals surface area contributed by atoms with E-state index in [1.54, 1.807) is 12.1 Å². The highest BCUT2D eigenvalue weighted by atomic mass is 127. The van der Waals surface area contributed by atoms with Gasteiger partial charge in [0.1, 0.15) is 0 Å². The normalized spacial score (nSPS) is 11.5. The number of carbonyl (C=O) groups excluding carboxylic acids is 1. The van der Waals surface area contributed by atoms with Gasteiger partial charge in [-0.3, -0.25) is 14.2 Å². The standard InChI is InChI=1S/C24H21IN4O4S2/c1-2-15-3-6-17(7-4-15)27-22(30)14-34-24-28-21-12-5-16(25)13-20(21)23(31)29(24)18-8-10-19(11-9-18)35(26,32)33/h3-13H,2,14H2,1H3,(H,27,30)(H2,26,32,33). The van der Waals surface area contributed by atoms with Crippen molar-refractivity contribution < 1.29 is 13.2 Å². The van der Waals surface area contributed by atoms with Crippen molar-refractivity contribution in [3.8, 4) is 5.69 Å². The molecule has 4 rings (SSSR count). The fourth-order valence-electron chi connectivity index (χ4n) is 3.40. The van der Waals surface area contributed by atoms with Crippen molar-refractivity contribution in [2.24, 2.45) is 5.14 Å². The Morgan fingerprint density at radius 1 is 1.09 bits per heavy atom. The zero-order chi connectivity index (χ0) is 25.2. The average Bonchev–Trinajstić information content (AvgIpc) is 2.83. The van der Waals surface area contributed by atoms with E-state index in [-0.39, 0.29) is 22.1 Å². The van der Waals surface area contributed by atoms with Crippen molar-refractivity contribution in [3.05, 3.63) is 86.2 Å². The number of aromatic nitrogens is 2. The first kappa shape index (κ1) is 25.4. The van der Waals surface area contributed by atoms with Crippen LogP contribution < -0.4 is 16.0 Å². The molecule has 0 spiro atoms. The maximum absolute atomic E-state index is 13.4. The van der Waals surface area contributed by atoms with Crippen LogP contribution in [0.15, 0.2) is 81.6 Å². The number of aryl methyl sites for hydroxylation is 1. The molecule has 8 nitrogen and oxygen atoms in total. The number of halogens is 1. The fourth-order valence-corrected chi connectivity index (χ4v) is 5.22. The van der Waals surface area contributed by atoms with Gasteiger partial charge in [-0.15, -0.1) is 0 Å². The molecule has 1 aromatic heterocycles. The molecule has 0 radical (unpaired) electrons. The zero-order valence-corrected chi connectivity index (χ0v) is 22.4. The molecule has 0 aliphatic carbocycles. The van der Waals surface area contributed by atoms with E-state index < -0.39 is 10.0 Å². The molecule has 0 aliphatic rings. The number of carbonyl (C=O) groups is 1. The van der Waals surface area contributed by atoms with E-state index in [4.69, 9.17) is 5.14 Å². The molecule has 4 aromatic rings. The Morgan fingerprint density at radius 3 is 2.40 bits per heavy atom. The van der Waals surface area contributed by atoms with Gasteiger partial charge in [-0.2, -0.15) is 0 Å². The monoisotopic (exact) mass is 620 g/mol. The molecule has 1 heterocycles. The number of hydrogen-bond donors (Lipinski definition) is 2. The molecule has 1 amide bonds. The average molecular weight is 620 g/mol. The van der Waals surface area contributed by atoms with Gasteiger partial charge in [-0.1, -0.05) is 30.8 Å². The van der Waals surface area contributed by atoms with Gasteiger partial charge >= 0.3 is 0 Å². The summed E-state index contributed by atoms with van der Waals surface area (Å²) in [5.41, 5.74) is 2.45. The van der Waals surface area contributed by atoms with Gasteiger partial charge in [0, 0.05) is 9.26 Å². The molecule has 0 fully saturated rings. The second-order valence-electron chi connectivity index (χ2n) is 7.62. The molecule has 0 saturated heterocycles. The Labute approximate surface area is 220 Å². The zero-order valence-electron chi connectivity index (χ0n) is 18.6. The van der Waals surface area contributed by atoms with Crippen molar-refractivity contribution in [1.82, 2.24) is 9.55 Å². The first-order valence-electron chi connectivity index (χ1n) is 10.5. The number of nitrogens with one attached hydrogen (secondary N) is 1. The second-order valence-corrected chi connectivity index (χ2v) is 11.4. The van der Waals surface area contributed by atoms with Gasteiger partial charge in [-0.25, -0.2) is 18.5 Å². The summed E-state index contributed by atoms with van der Waals surface area (Å²) >= 11 is 3.23. The summed E-state index contributed by atoms with van der Waals surface area (Å²) in [5.74, 6) is -0.222. The summed E-state index contributed by atoms with van der Waals surface area (Å²) < 4.78 is 25.5. The Morgan fingerprint density at radius 2 is 1.77 bits per heavy atom. The van der Waals surface area contributed by atoms with Crippen LogP contribution in [0.1, 0.15) is 12.5 Å². The molecule has 0 unspecified atom stereocenters. The van der Waals surface area contributed by atoms with E-state index in [2.05, 4.69) is 39.8 Å². The lowest BCUT2D eigenvalue weighted by Gasteiger charge is -2.14. The number of anilines is 1. The number of nitrogens with two attached hydrogens (primary N) is 1. The number of nitrogens with zero attached hydrogens (tertiary/aromatic N) is 2. The van der Waals surface area contributed by atoms with Crippen molar-refractivity contribution >= 4 is 66.9 Å². The van der Waals surface area contributed by atoms with Crippen LogP contribution in [0, 0.1) is 3.57 Å². The van der Waals surface area contributed by atoms with Gasteiger partial charge in [0.15, 0.2) is 5.16 Å². The maximum atomic E-state index is 13.4. The molecule has 3 N–H and O–H groups in total. The highest BCUT2D eigenvalue weighted by molar-refractivity contribution is 14.1. The maximum Gasteiger partial charge on any atom is 0.266 e. The Hall–Kier alpha value is -2.74. The minimum atomic E-state index is -3.88. The van der Waals surface area contributed by atoms with Crippen molar-refractivity contribution in [2.45, 2.75) is 23.4 Å². The lowest BCUT2D eigenvalue weighted by molar-refractivity contribution is -0.113. The number of amides is 1. The van der Waals surface area contributed by atoms with Gasteiger partial charge in [0.25, 0.3) is 5.56 Å². The number of sulfonamides is 1. The summed E-state index contributed by atoms with van der Waals surface area (Å²) in [5, 5.41) is 8.77. The number of primary sulfonamides is 1. The molecule has 0 atom stereocenters. The first-order valence-corrected chi connectivity index (χ1v) is 14.1. The number of benzene rings is 3. The summed E-state index contributed by atoms with van der Waals surface area (Å²) in [6.45, 7) is 2.06. The van der Waals surface area contributed by atoms with Crippen molar-refractivity contribution in [1.29, 1.82) is 0 Å². The highest BCUT2D eigenvalue weighted by Crippen LogP contribution is 2.23. The molecule has 180 valence electrons. The second kappa shape index (κ2) is 10.5. The van der Waals surface area contributed by atoms with Crippen LogP contribution in [-0.2, 0) is 21.2 Å². The Kier molecular flexibility index (Phi) is 7.59. The lowest BCUT2D eigenvalue weighted by Crippen LogP contribution is -2.23. The fraction of sp³-hybridized carbons (Fsp3) is 0.125. The van der Waals surface area contributed by atoms with E-state index in [9.17, 15) is 18.0 Å². The lowest BCUT2D eigenvalue weighted by atomic mass is 10.1.